The second kappa shape index (κ2) is 6.13. The molecule has 0 fully saturated rings. The van der Waals surface area contributed by atoms with Gasteiger partial charge in [-0.3, -0.25) is 4.79 Å². The summed E-state index contributed by atoms with van der Waals surface area (Å²) >= 11 is 4.77. The first-order chi connectivity index (χ1) is 8.70. The number of hydrogen-bond acceptors (Lipinski definition) is 3. The summed E-state index contributed by atoms with van der Waals surface area (Å²) in [5.74, 6) is -0.181. The number of aliphatic hydroxyl groups is 1. The molecule has 0 aliphatic carbocycles. The van der Waals surface area contributed by atoms with Gasteiger partial charge >= 0.3 is 0 Å². The SMILES string of the molecule is O=C(NC(CO)c1ccccc1)c1csc(Br)c1. The summed E-state index contributed by atoms with van der Waals surface area (Å²) in [6.07, 6.45) is 0. The van der Waals surface area contributed by atoms with Crippen LogP contribution in [0.1, 0.15) is 22.0 Å². The number of carbonyl (C=O) groups is 1. The largest absolute Gasteiger partial charge is 0.394 e. The Morgan fingerprint density at radius 2 is 2.11 bits per heavy atom. The molecule has 2 aromatic rings. The Bertz CT molecular complexity index is 527. The fourth-order valence-corrected chi connectivity index (χ4v) is 2.73. The number of amides is 1. The van der Waals surface area contributed by atoms with E-state index in [0.29, 0.717) is 5.56 Å². The maximum Gasteiger partial charge on any atom is 0.252 e. The van der Waals surface area contributed by atoms with E-state index in [4.69, 9.17) is 0 Å². The molecule has 18 heavy (non-hydrogen) atoms. The molecule has 0 aliphatic rings. The Morgan fingerprint density at radius 1 is 1.39 bits per heavy atom. The lowest BCUT2D eigenvalue weighted by Crippen LogP contribution is -2.30. The van der Waals surface area contributed by atoms with Crippen LogP contribution >= 0.6 is 27.3 Å². The van der Waals surface area contributed by atoms with Gasteiger partial charge in [0, 0.05) is 5.38 Å². The molecule has 0 saturated carbocycles. The van der Waals surface area contributed by atoms with Crippen molar-refractivity contribution in [1.29, 1.82) is 0 Å². The summed E-state index contributed by atoms with van der Waals surface area (Å²) in [5, 5.41) is 13.9. The molecule has 2 N–H and O–H groups in total. The molecule has 2 rings (SSSR count). The van der Waals surface area contributed by atoms with Gasteiger partial charge in [0.05, 0.1) is 22.0 Å². The van der Waals surface area contributed by atoms with E-state index in [0.717, 1.165) is 9.35 Å². The fourth-order valence-electron chi connectivity index (χ4n) is 1.59. The summed E-state index contributed by atoms with van der Waals surface area (Å²) in [6, 6.07) is 10.8. The third-order valence-corrected chi connectivity index (χ3v) is 4.02. The molecule has 1 aromatic heterocycles. The maximum atomic E-state index is 12.0. The third kappa shape index (κ3) is 3.19. The van der Waals surface area contributed by atoms with Crippen LogP contribution in [0.15, 0.2) is 45.6 Å². The zero-order chi connectivity index (χ0) is 13.0. The zero-order valence-corrected chi connectivity index (χ0v) is 11.9. The quantitative estimate of drug-likeness (QED) is 0.907. The normalized spacial score (nSPS) is 12.1. The van der Waals surface area contributed by atoms with Crippen LogP contribution in [0.2, 0.25) is 0 Å². The maximum absolute atomic E-state index is 12.0. The van der Waals surface area contributed by atoms with Crippen molar-refractivity contribution in [3.8, 4) is 0 Å². The Morgan fingerprint density at radius 3 is 2.67 bits per heavy atom. The van der Waals surface area contributed by atoms with Gasteiger partial charge in [0.1, 0.15) is 0 Å². The molecular formula is C13H12BrNO2S. The molecule has 0 spiro atoms. The highest BCUT2D eigenvalue weighted by Gasteiger charge is 2.15. The van der Waals surface area contributed by atoms with Gasteiger partial charge < -0.3 is 10.4 Å². The van der Waals surface area contributed by atoms with Crippen molar-refractivity contribution in [2.75, 3.05) is 6.61 Å². The van der Waals surface area contributed by atoms with Gasteiger partial charge in [-0.2, -0.15) is 0 Å². The molecule has 0 bridgehead atoms. The van der Waals surface area contributed by atoms with Crippen LogP contribution in [-0.4, -0.2) is 17.6 Å². The lowest BCUT2D eigenvalue weighted by atomic mass is 10.1. The van der Waals surface area contributed by atoms with Crippen molar-refractivity contribution in [1.82, 2.24) is 5.32 Å². The van der Waals surface area contributed by atoms with Crippen LogP contribution < -0.4 is 5.32 Å². The standard InChI is InChI=1S/C13H12BrNO2S/c14-12-6-10(8-18-12)13(17)15-11(7-16)9-4-2-1-3-5-9/h1-6,8,11,16H,7H2,(H,15,17). The molecule has 0 saturated heterocycles. The number of benzene rings is 1. The first kappa shape index (κ1) is 13.3. The Kier molecular flexibility index (Phi) is 4.52. The average Bonchev–Trinajstić information content (AvgIpc) is 2.83. The van der Waals surface area contributed by atoms with Gasteiger partial charge in [0.2, 0.25) is 0 Å². The van der Waals surface area contributed by atoms with Crippen molar-refractivity contribution in [3.05, 3.63) is 56.7 Å². The van der Waals surface area contributed by atoms with E-state index in [1.165, 1.54) is 11.3 Å². The molecule has 5 heteroatoms. The molecule has 1 heterocycles. The van der Waals surface area contributed by atoms with E-state index in [-0.39, 0.29) is 18.6 Å². The van der Waals surface area contributed by atoms with Crippen molar-refractivity contribution in [3.63, 3.8) is 0 Å². The van der Waals surface area contributed by atoms with E-state index >= 15 is 0 Å². The molecule has 0 radical (unpaired) electrons. The number of nitrogens with one attached hydrogen (secondary N) is 1. The Labute approximate surface area is 118 Å². The third-order valence-electron chi connectivity index (χ3n) is 2.52. The van der Waals surface area contributed by atoms with Crippen LogP contribution in [0.25, 0.3) is 0 Å². The Balaban J connectivity index is 2.10. The van der Waals surface area contributed by atoms with E-state index in [1.807, 2.05) is 30.3 Å². The van der Waals surface area contributed by atoms with Crippen LogP contribution in [0.4, 0.5) is 0 Å². The van der Waals surface area contributed by atoms with Gasteiger partial charge in [-0.15, -0.1) is 11.3 Å². The molecular weight excluding hydrogens is 314 g/mol. The number of aliphatic hydroxyl groups excluding tert-OH is 1. The van der Waals surface area contributed by atoms with Crippen molar-refractivity contribution < 1.29 is 9.90 Å². The number of hydrogen-bond donors (Lipinski definition) is 2. The highest BCUT2D eigenvalue weighted by atomic mass is 79.9. The second-order valence-corrected chi connectivity index (χ2v) is 6.05. The first-order valence-corrected chi connectivity index (χ1v) is 7.08. The van der Waals surface area contributed by atoms with Gasteiger partial charge in [-0.05, 0) is 27.6 Å². The highest BCUT2D eigenvalue weighted by Crippen LogP contribution is 2.21. The predicted octanol–water partition coefficient (Wildman–Crippen LogP) is 2.97. The zero-order valence-electron chi connectivity index (χ0n) is 9.47. The first-order valence-electron chi connectivity index (χ1n) is 5.41. The lowest BCUT2D eigenvalue weighted by Gasteiger charge is -2.16. The molecule has 94 valence electrons. The molecule has 0 aliphatic heterocycles. The molecule has 1 amide bonds. The summed E-state index contributed by atoms with van der Waals surface area (Å²) in [7, 11) is 0. The minimum atomic E-state index is -0.377. The van der Waals surface area contributed by atoms with Crippen LogP contribution in [0, 0.1) is 0 Å². The minimum Gasteiger partial charge on any atom is -0.394 e. The van der Waals surface area contributed by atoms with Crippen LogP contribution in [-0.2, 0) is 0 Å². The molecule has 1 atom stereocenters. The van der Waals surface area contributed by atoms with E-state index < -0.39 is 0 Å². The van der Waals surface area contributed by atoms with E-state index in [1.54, 1.807) is 11.4 Å². The lowest BCUT2D eigenvalue weighted by molar-refractivity contribution is 0.0916. The summed E-state index contributed by atoms with van der Waals surface area (Å²) in [4.78, 5) is 12.0. The molecule has 1 aromatic carbocycles. The monoisotopic (exact) mass is 325 g/mol. The smallest absolute Gasteiger partial charge is 0.252 e. The van der Waals surface area contributed by atoms with Crippen LogP contribution in [0.3, 0.4) is 0 Å². The van der Waals surface area contributed by atoms with Crippen molar-refractivity contribution >= 4 is 33.2 Å². The van der Waals surface area contributed by atoms with Gasteiger partial charge in [0.25, 0.3) is 5.91 Å². The second-order valence-electron chi connectivity index (χ2n) is 3.76. The van der Waals surface area contributed by atoms with Gasteiger partial charge in [0.15, 0.2) is 0 Å². The summed E-state index contributed by atoms with van der Waals surface area (Å²) in [5.41, 5.74) is 1.49. The average molecular weight is 326 g/mol. The predicted molar refractivity (Wildman–Crippen MR) is 75.8 cm³/mol. The van der Waals surface area contributed by atoms with Gasteiger partial charge in [-0.1, -0.05) is 30.3 Å². The van der Waals surface area contributed by atoms with Crippen molar-refractivity contribution in [2.24, 2.45) is 0 Å². The van der Waals surface area contributed by atoms with Crippen LogP contribution in [0.5, 0.6) is 0 Å². The molecule has 3 nitrogen and oxygen atoms in total. The summed E-state index contributed by atoms with van der Waals surface area (Å²) < 4.78 is 0.910. The van der Waals surface area contributed by atoms with E-state index in [9.17, 15) is 9.90 Å². The fraction of sp³-hybridized carbons (Fsp3) is 0.154. The summed E-state index contributed by atoms with van der Waals surface area (Å²) in [6.45, 7) is -0.124. The highest BCUT2D eigenvalue weighted by molar-refractivity contribution is 9.11. The van der Waals surface area contributed by atoms with E-state index in [2.05, 4.69) is 21.2 Å². The Hall–Kier alpha value is -1.17. The topological polar surface area (TPSA) is 49.3 Å². The molecule has 1 unspecified atom stereocenters. The van der Waals surface area contributed by atoms with Gasteiger partial charge in [-0.25, -0.2) is 0 Å². The number of thiophene rings is 1. The van der Waals surface area contributed by atoms with Crippen molar-refractivity contribution in [2.45, 2.75) is 6.04 Å². The number of carbonyl (C=O) groups excluding carboxylic acids is 1. The number of halogens is 1. The minimum absolute atomic E-state index is 0.124. The number of rotatable bonds is 4.